The molecular formula is C8H9ClO2. The van der Waals surface area contributed by atoms with Crippen LogP contribution in [0.1, 0.15) is 17.8 Å². The third kappa shape index (κ3) is 2.24. The van der Waals surface area contributed by atoms with Crippen LogP contribution in [0.2, 0.25) is 5.02 Å². The summed E-state index contributed by atoms with van der Waals surface area (Å²) in [5.41, 5.74) is 0.143. The molecule has 0 saturated heterocycles. The Balaban J connectivity index is 0.000001000. The lowest BCUT2D eigenvalue weighted by molar-refractivity contribution is 0.0697. The van der Waals surface area contributed by atoms with E-state index in [0.717, 1.165) is 0 Å². The van der Waals surface area contributed by atoms with Gasteiger partial charge >= 0.3 is 5.97 Å². The van der Waals surface area contributed by atoms with Crippen LogP contribution in [-0.4, -0.2) is 11.1 Å². The molecule has 0 heterocycles. The van der Waals surface area contributed by atoms with Gasteiger partial charge in [-0.05, 0) is 12.1 Å². The molecular weight excluding hydrogens is 164 g/mol. The number of benzene rings is 1. The first kappa shape index (κ1) is 9.98. The first-order valence-electron chi connectivity index (χ1n) is 2.69. The molecule has 1 aromatic rings. The van der Waals surface area contributed by atoms with Gasteiger partial charge in [0, 0.05) is 0 Å². The van der Waals surface area contributed by atoms with Gasteiger partial charge in [0.05, 0.1) is 10.6 Å². The van der Waals surface area contributed by atoms with Crippen LogP contribution in [0, 0.1) is 0 Å². The highest BCUT2D eigenvalue weighted by molar-refractivity contribution is 6.33. The monoisotopic (exact) mass is 172 g/mol. The van der Waals surface area contributed by atoms with E-state index in [0.29, 0.717) is 0 Å². The van der Waals surface area contributed by atoms with Crippen LogP contribution in [-0.2, 0) is 0 Å². The molecule has 60 valence electrons. The molecule has 0 saturated carbocycles. The lowest BCUT2D eigenvalue weighted by Gasteiger charge is -1.94. The number of rotatable bonds is 1. The number of carbonyl (C=O) groups is 1. The van der Waals surface area contributed by atoms with E-state index in [-0.39, 0.29) is 18.0 Å². The Labute approximate surface area is 70.4 Å². The summed E-state index contributed by atoms with van der Waals surface area (Å²) >= 11 is 5.54. The molecule has 3 heteroatoms. The minimum absolute atomic E-state index is 0. The minimum Gasteiger partial charge on any atom is -0.478 e. The molecule has 0 aliphatic carbocycles. The number of hydrogen-bond donors (Lipinski definition) is 1. The van der Waals surface area contributed by atoms with Crippen LogP contribution in [0.25, 0.3) is 0 Å². The van der Waals surface area contributed by atoms with E-state index in [1.165, 1.54) is 6.07 Å². The first-order chi connectivity index (χ1) is 4.72. The second-order valence-electron chi connectivity index (χ2n) is 1.78. The van der Waals surface area contributed by atoms with Crippen LogP contribution in [0.5, 0.6) is 0 Å². The summed E-state index contributed by atoms with van der Waals surface area (Å²) in [5.74, 6) is -0.995. The van der Waals surface area contributed by atoms with Crippen molar-refractivity contribution in [1.29, 1.82) is 0 Å². The highest BCUT2D eigenvalue weighted by Gasteiger charge is 2.04. The maximum atomic E-state index is 10.3. The molecule has 0 unspecified atom stereocenters. The zero-order valence-corrected chi connectivity index (χ0v) is 5.80. The SMILES string of the molecule is C.O=C(O)c1ccccc1Cl. The standard InChI is InChI=1S/C7H5ClO2.CH4/c8-6-4-2-1-3-5(6)7(9)10;/h1-4H,(H,9,10);1H4. The lowest BCUT2D eigenvalue weighted by Crippen LogP contribution is -1.95. The second kappa shape index (κ2) is 3.98. The maximum Gasteiger partial charge on any atom is 0.337 e. The van der Waals surface area contributed by atoms with Crippen LogP contribution in [0.15, 0.2) is 24.3 Å². The summed E-state index contributed by atoms with van der Waals surface area (Å²) in [4.78, 5) is 10.3. The van der Waals surface area contributed by atoms with Crippen molar-refractivity contribution >= 4 is 17.6 Å². The fraction of sp³-hybridized carbons (Fsp3) is 0.125. The van der Waals surface area contributed by atoms with Crippen molar-refractivity contribution in [2.45, 2.75) is 7.43 Å². The van der Waals surface area contributed by atoms with E-state index < -0.39 is 5.97 Å². The summed E-state index contributed by atoms with van der Waals surface area (Å²) < 4.78 is 0. The van der Waals surface area contributed by atoms with Gasteiger partial charge < -0.3 is 5.11 Å². The van der Waals surface area contributed by atoms with Crippen molar-refractivity contribution in [3.8, 4) is 0 Å². The van der Waals surface area contributed by atoms with Gasteiger partial charge in [-0.25, -0.2) is 4.79 Å². The topological polar surface area (TPSA) is 37.3 Å². The largest absolute Gasteiger partial charge is 0.478 e. The van der Waals surface area contributed by atoms with E-state index in [1.54, 1.807) is 18.2 Å². The van der Waals surface area contributed by atoms with Gasteiger partial charge in [0.1, 0.15) is 0 Å². The Kier molecular flexibility index (Phi) is 3.61. The molecule has 0 spiro atoms. The highest BCUT2D eigenvalue weighted by atomic mass is 35.5. The summed E-state index contributed by atoms with van der Waals surface area (Å²) in [6.07, 6.45) is 0. The molecule has 1 rings (SSSR count). The predicted molar refractivity (Wildman–Crippen MR) is 45.1 cm³/mol. The van der Waals surface area contributed by atoms with Crippen molar-refractivity contribution in [2.75, 3.05) is 0 Å². The Morgan fingerprint density at radius 3 is 2.27 bits per heavy atom. The third-order valence-electron chi connectivity index (χ3n) is 1.10. The Morgan fingerprint density at radius 1 is 1.36 bits per heavy atom. The molecule has 2 nitrogen and oxygen atoms in total. The maximum absolute atomic E-state index is 10.3. The van der Waals surface area contributed by atoms with Gasteiger partial charge in [-0.3, -0.25) is 0 Å². The first-order valence-corrected chi connectivity index (χ1v) is 3.07. The number of aromatic carboxylic acids is 1. The molecule has 0 bridgehead atoms. The summed E-state index contributed by atoms with van der Waals surface area (Å²) in [7, 11) is 0. The molecule has 0 amide bonds. The van der Waals surface area contributed by atoms with Crippen LogP contribution in [0.3, 0.4) is 0 Å². The van der Waals surface area contributed by atoms with Crippen molar-refractivity contribution in [1.82, 2.24) is 0 Å². The summed E-state index contributed by atoms with van der Waals surface area (Å²) in [6.45, 7) is 0. The van der Waals surface area contributed by atoms with Gasteiger partial charge in [-0.15, -0.1) is 0 Å². The average Bonchev–Trinajstić information content (AvgIpc) is 1.88. The smallest absolute Gasteiger partial charge is 0.337 e. The average molecular weight is 173 g/mol. The third-order valence-corrected chi connectivity index (χ3v) is 1.43. The second-order valence-corrected chi connectivity index (χ2v) is 2.19. The number of hydrogen-bond acceptors (Lipinski definition) is 1. The van der Waals surface area contributed by atoms with Crippen LogP contribution < -0.4 is 0 Å². The molecule has 0 aromatic heterocycles. The highest BCUT2D eigenvalue weighted by Crippen LogP contribution is 2.13. The summed E-state index contributed by atoms with van der Waals surface area (Å²) in [5, 5.41) is 8.75. The molecule has 11 heavy (non-hydrogen) atoms. The number of carboxylic acids is 1. The molecule has 0 aliphatic heterocycles. The summed E-state index contributed by atoms with van der Waals surface area (Å²) in [6, 6.07) is 6.33. The van der Waals surface area contributed by atoms with Gasteiger partial charge in [-0.2, -0.15) is 0 Å². The van der Waals surface area contributed by atoms with Crippen molar-refractivity contribution in [2.24, 2.45) is 0 Å². The zero-order chi connectivity index (χ0) is 7.56. The fourth-order valence-electron chi connectivity index (χ4n) is 0.635. The van der Waals surface area contributed by atoms with E-state index in [1.807, 2.05) is 0 Å². The zero-order valence-electron chi connectivity index (χ0n) is 5.04. The van der Waals surface area contributed by atoms with Crippen LogP contribution >= 0.6 is 11.6 Å². The van der Waals surface area contributed by atoms with Crippen molar-refractivity contribution in [3.05, 3.63) is 34.9 Å². The fourth-order valence-corrected chi connectivity index (χ4v) is 0.851. The van der Waals surface area contributed by atoms with E-state index in [4.69, 9.17) is 16.7 Å². The van der Waals surface area contributed by atoms with E-state index in [9.17, 15) is 4.79 Å². The van der Waals surface area contributed by atoms with E-state index >= 15 is 0 Å². The Hall–Kier alpha value is -1.02. The molecule has 1 aromatic carbocycles. The molecule has 1 N–H and O–H groups in total. The molecule has 0 fully saturated rings. The van der Waals surface area contributed by atoms with Crippen LogP contribution in [0.4, 0.5) is 0 Å². The van der Waals surface area contributed by atoms with Gasteiger partial charge in [-0.1, -0.05) is 31.2 Å². The molecule has 0 atom stereocenters. The minimum atomic E-state index is -0.995. The Bertz CT molecular complexity index is 258. The number of carboxylic acid groups (broad SMARTS) is 1. The molecule has 0 radical (unpaired) electrons. The molecule has 0 aliphatic rings. The quantitative estimate of drug-likeness (QED) is 0.707. The predicted octanol–water partition coefficient (Wildman–Crippen LogP) is 2.67. The van der Waals surface area contributed by atoms with Gasteiger partial charge in [0.15, 0.2) is 0 Å². The lowest BCUT2D eigenvalue weighted by atomic mass is 10.2. The van der Waals surface area contributed by atoms with E-state index in [2.05, 4.69) is 0 Å². The van der Waals surface area contributed by atoms with Crippen molar-refractivity contribution in [3.63, 3.8) is 0 Å². The number of halogens is 1. The van der Waals surface area contributed by atoms with Crippen molar-refractivity contribution < 1.29 is 9.90 Å². The normalized spacial score (nSPS) is 8.45. The van der Waals surface area contributed by atoms with Gasteiger partial charge in [0.25, 0.3) is 0 Å². The van der Waals surface area contributed by atoms with Gasteiger partial charge in [0.2, 0.25) is 0 Å². The Morgan fingerprint density at radius 2 is 1.91 bits per heavy atom.